The quantitative estimate of drug-likeness (QED) is 0.814. The third kappa shape index (κ3) is 1.92. The monoisotopic (exact) mass is 366 g/mol. The summed E-state index contributed by atoms with van der Waals surface area (Å²) >= 11 is 1.58. The summed E-state index contributed by atoms with van der Waals surface area (Å²) in [5, 5.41) is 38.4. The van der Waals surface area contributed by atoms with Crippen molar-refractivity contribution in [2.24, 2.45) is 16.7 Å². The molecule has 7 heteroatoms. The Bertz CT molecular complexity index is 865. The fourth-order valence-electron chi connectivity index (χ4n) is 4.12. The molecule has 3 rings (SSSR count). The number of thioether (sulfide) groups is 1. The largest absolute Gasteiger partial charge is 0.447 e. The van der Waals surface area contributed by atoms with Gasteiger partial charge in [-0.15, -0.1) is 11.8 Å². The number of nitrogens with one attached hydrogen (secondary N) is 1. The Kier molecular flexibility index (Phi) is 4.23. The number of nitriles is 3. The van der Waals surface area contributed by atoms with Crippen LogP contribution in [-0.2, 0) is 9.47 Å². The van der Waals surface area contributed by atoms with Crippen LogP contribution in [0.15, 0.2) is 29.2 Å². The van der Waals surface area contributed by atoms with Gasteiger partial charge in [0.05, 0.1) is 24.1 Å². The molecule has 0 aromatic heterocycles. The van der Waals surface area contributed by atoms with E-state index in [4.69, 9.17) is 14.9 Å². The normalized spacial score (nSPS) is 34.2. The lowest BCUT2D eigenvalue weighted by Crippen LogP contribution is -2.58. The summed E-state index contributed by atoms with van der Waals surface area (Å²) in [6.45, 7) is 3.56. The summed E-state index contributed by atoms with van der Waals surface area (Å²) in [6, 6.07) is 13.5. The van der Waals surface area contributed by atoms with Gasteiger partial charge in [-0.2, -0.15) is 15.8 Å². The van der Waals surface area contributed by atoms with E-state index in [2.05, 4.69) is 6.07 Å². The van der Waals surface area contributed by atoms with Crippen molar-refractivity contribution in [1.82, 2.24) is 0 Å². The second-order valence-corrected chi connectivity index (χ2v) is 7.42. The van der Waals surface area contributed by atoms with Crippen LogP contribution in [0.1, 0.15) is 31.9 Å². The second kappa shape index (κ2) is 6.02. The number of benzene rings is 1. The summed E-state index contributed by atoms with van der Waals surface area (Å²) in [7, 11) is 0. The van der Waals surface area contributed by atoms with Crippen LogP contribution in [0.5, 0.6) is 0 Å². The lowest BCUT2D eigenvalue weighted by molar-refractivity contribution is -0.280. The molecule has 1 N–H and O–H groups in total. The molecule has 132 valence electrons. The third-order valence-corrected chi connectivity index (χ3v) is 6.46. The molecule has 2 heterocycles. The first-order valence-corrected chi connectivity index (χ1v) is 9.47. The molecule has 2 saturated heterocycles. The van der Waals surface area contributed by atoms with Gasteiger partial charge >= 0.3 is 0 Å². The van der Waals surface area contributed by atoms with E-state index in [1.165, 1.54) is 0 Å². The zero-order valence-corrected chi connectivity index (χ0v) is 15.6. The molecule has 2 aliphatic rings. The van der Waals surface area contributed by atoms with E-state index >= 15 is 0 Å². The van der Waals surface area contributed by atoms with Crippen molar-refractivity contribution in [3.8, 4) is 18.2 Å². The standard InChI is InChI=1S/C19H18N4O2S/c1-4-19-12(2)18(11-22,16(23)25-19)17(9-20,10-21)15(24-19)13-5-7-14(26-3)8-6-13/h5-8,12,15,23H,4H2,1-3H3. The SMILES string of the molecule is CCC12OC(=N)C(C#N)(C1C)C(C#N)(C#N)C(c1ccc(SC)cc1)O2. The third-order valence-electron chi connectivity index (χ3n) is 5.72. The minimum absolute atomic E-state index is 0.360. The summed E-state index contributed by atoms with van der Waals surface area (Å²) < 4.78 is 11.9. The average molecular weight is 366 g/mol. The molecule has 2 aliphatic heterocycles. The highest BCUT2D eigenvalue weighted by molar-refractivity contribution is 7.98. The molecule has 1 aromatic rings. The predicted molar refractivity (Wildman–Crippen MR) is 94.8 cm³/mol. The van der Waals surface area contributed by atoms with E-state index in [9.17, 15) is 15.8 Å². The average Bonchev–Trinajstić information content (AvgIpc) is 2.84. The van der Waals surface area contributed by atoms with Gasteiger partial charge in [-0.1, -0.05) is 26.0 Å². The first kappa shape index (κ1) is 18.3. The topological polar surface area (TPSA) is 114 Å². The van der Waals surface area contributed by atoms with Crippen molar-refractivity contribution >= 4 is 17.7 Å². The molecule has 1 aromatic carbocycles. The van der Waals surface area contributed by atoms with E-state index in [0.29, 0.717) is 12.0 Å². The lowest BCUT2D eigenvalue weighted by Gasteiger charge is -2.48. The Morgan fingerprint density at radius 2 is 1.77 bits per heavy atom. The molecule has 0 spiro atoms. The summed E-state index contributed by atoms with van der Waals surface area (Å²) in [5.74, 6) is -2.19. The molecule has 0 radical (unpaired) electrons. The van der Waals surface area contributed by atoms with Crippen molar-refractivity contribution in [3.05, 3.63) is 29.8 Å². The van der Waals surface area contributed by atoms with Crippen molar-refractivity contribution in [2.45, 2.75) is 37.1 Å². The maximum Gasteiger partial charge on any atom is 0.217 e. The van der Waals surface area contributed by atoms with Crippen molar-refractivity contribution in [3.63, 3.8) is 0 Å². The van der Waals surface area contributed by atoms with Crippen LogP contribution in [-0.4, -0.2) is 17.9 Å². The van der Waals surface area contributed by atoms with Crippen LogP contribution in [0, 0.1) is 56.2 Å². The van der Waals surface area contributed by atoms with Gasteiger partial charge in [-0.05, 0) is 24.0 Å². The fourth-order valence-corrected chi connectivity index (χ4v) is 4.53. The first-order valence-electron chi connectivity index (χ1n) is 8.25. The molecule has 4 atom stereocenters. The second-order valence-electron chi connectivity index (χ2n) is 6.54. The van der Waals surface area contributed by atoms with Gasteiger partial charge in [0.2, 0.25) is 17.1 Å². The number of rotatable bonds is 3. The minimum atomic E-state index is -1.88. The molecular weight excluding hydrogens is 348 g/mol. The molecular formula is C19H18N4O2S. The summed E-state index contributed by atoms with van der Waals surface area (Å²) in [6.07, 6.45) is 1.35. The zero-order valence-electron chi connectivity index (χ0n) is 14.7. The number of hydrogen-bond acceptors (Lipinski definition) is 7. The van der Waals surface area contributed by atoms with Crippen LogP contribution < -0.4 is 0 Å². The minimum Gasteiger partial charge on any atom is -0.447 e. The molecule has 6 nitrogen and oxygen atoms in total. The summed E-state index contributed by atoms with van der Waals surface area (Å²) in [5.41, 5.74) is -2.95. The van der Waals surface area contributed by atoms with Crippen molar-refractivity contribution < 1.29 is 9.47 Å². The zero-order chi connectivity index (χ0) is 19.2. The van der Waals surface area contributed by atoms with Crippen LogP contribution in [0.25, 0.3) is 0 Å². The molecule has 4 unspecified atom stereocenters. The van der Waals surface area contributed by atoms with E-state index in [-0.39, 0.29) is 5.90 Å². The highest BCUT2D eigenvalue weighted by atomic mass is 32.2. The molecule has 0 aliphatic carbocycles. The molecule has 0 saturated carbocycles. The fraction of sp³-hybridized carbons (Fsp3) is 0.474. The number of hydrogen-bond donors (Lipinski definition) is 1. The van der Waals surface area contributed by atoms with Gasteiger partial charge in [-0.25, -0.2) is 0 Å². The highest BCUT2D eigenvalue weighted by Crippen LogP contribution is 2.66. The molecule has 26 heavy (non-hydrogen) atoms. The predicted octanol–water partition coefficient (Wildman–Crippen LogP) is 3.77. The van der Waals surface area contributed by atoms with Gasteiger partial charge in [0.1, 0.15) is 6.10 Å². The Morgan fingerprint density at radius 1 is 1.15 bits per heavy atom. The van der Waals surface area contributed by atoms with E-state index in [0.717, 1.165) is 4.90 Å². The van der Waals surface area contributed by atoms with E-state index < -0.39 is 28.6 Å². The smallest absolute Gasteiger partial charge is 0.217 e. The van der Waals surface area contributed by atoms with Crippen LogP contribution in [0.3, 0.4) is 0 Å². The van der Waals surface area contributed by atoms with Gasteiger partial charge in [-0.3, -0.25) is 5.41 Å². The van der Waals surface area contributed by atoms with Crippen LogP contribution in [0.4, 0.5) is 0 Å². The number of nitrogens with zero attached hydrogens (tertiary/aromatic N) is 3. The first-order chi connectivity index (χ1) is 12.4. The number of ether oxygens (including phenoxy) is 2. The Hall–Kier alpha value is -2.53. The molecule has 2 bridgehead atoms. The van der Waals surface area contributed by atoms with E-state index in [1.54, 1.807) is 30.8 Å². The van der Waals surface area contributed by atoms with Crippen molar-refractivity contribution in [2.75, 3.05) is 6.26 Å². The van der Waals surface area contributed by atoms with Gasteiger partial charge < -0.3 is 9.47 Å². The van der Waals surface area contributed by atoms with E-state index in [1.807, 2.05) is 37.5 Å². The highest BCUT2D eigenvalue weighted by Gasteiger charge is 2.78. The number of fused-ring (bicyclic) bond motifs is 2. The van der Waals surface area contributed by atoms with Crippen molar-refractivity contribution in [1.29, 1.82) is 21.2 Å². The summed E-state index contributed by atoms with van der Waals surface area (Å²) in [4.78, 5) is 1.03. The van der Waals surface area contributed by atoms with Gasteiger partial charge in [0, 0.05) is 11.3 Å². The maximum absolute atomic E-state index is 10.0. The van der Waals surface area contributed by atoms with Crippen LogP contribution >= 0.6 is 11.8 Å². The lowest BCUT2D eigenvalue weighted by atomic mass is 9.53. The molecule has 2 fully saturated rings. The van der Waals surface area contributed by atoms with Gasteiger partial charge in [0.25, 0.3) is 0 Å². The van der Waals surface area contributed by atoms with Gasteiger partial charge in [0.15, 0.2) is 5.41 Å². The Morgan fingerprint density at radius 3 is 2.23 bits per heavy atom. The Labute approximate surface area is 156 Å². The maximum atomic E-state index is 10.0. The molecule has 0 amide bonds. The Balaban J connectivity index is 2.28. The van der Waals surface area contributed by atoms with Crippen LogP contribution in [0.2, 0.25) is 0 Å².